The van der Waals surface area contributed by atoms with E-state index in [2.05, 4.69) is 35.2 Å². The zero-order valence-electron chi connectivity index (χ0n) is 18.9. The van der Waals surface area contributed by atoms with E-state index in [0.717, 1.165) is 76.3 Å². The van der Waals surface area contributed by atoms with Crippen LogP contribution in [-0.4, -0.2) is 48.8 Å². The lowest BCUT2D eigenvalue weighted by Crippen LogP contribution is -2.45. The number of benzene rings is 1. The summed E-state index contributed by atoms with van der Waals surface area (Å²) in [6, 6.07) is 11.0. The number of likely N-dealkylation sites (tertiary alicyclic amines) is 1. The van der Waals surface area contributed by atoms with Crippen molar-refractivity contribution in [3.05, 3.63) is 35.9 Å². The van der Waals surface area contributed by atoms with Crippen molar-refractivity contribution < 1.29 is 14.6 Å². The molecule has 31 heavy (non-hydrogen) atoms. The van der Waals surface area contributed by atoms with Crippen LogP contribution >= 0.6 is 0 Å². The number of carbonyl (C=O) groups is 1. The molecule has 4 aliphatic rings. The smallest absolute Gasteiger partial charge is 0.310 e. The van der Waals surface area contributed by atoms with Gasteiger partial charge in [0.25, 0.3) is 0 Å². The first-order valence-electron chi connectivity index (χ1n) is 12.7. The highest BCUT2D eigenvalue weighted by atomic mass is 16.5. The lowest BCUT2D eigenvalue weighted by atomic mass is 9.74. The molecule has 0 amide bonds. The molecule has 1 heterocycles. The third-order valence-corrected chi connectivity index (χ3v) is 8.93. The number of carboxylic acid groups (broad SMARTS) is 1. The van der Waals surface area contributed by atoms with E-state index < -0.39 is 11.4 Å². The maximum atomic E-state index is 11.6. The van der Waals surface area contributed by atoms with Crippen molar-refractivity contribution in [1.29, 1.82) is 0 Å². The monoisotopic (exact) mass is 425 g/mol. The van der Waals surface area contributed by atoms with Crippen LogP contribution in [0.2, 0.25) is 0 Å². The van der Waals surface area contributed by atoms with Crippen LogP contribution in [0.5, 0.6) is 0 Å². The molecular weight excluding hydrogens is 386 g/mol. The summed E-state index contributed by atoms with van der Waals surface area (Å²) in [6.45, 7) is 4.68. The van der Waals surface area contributed by atoms with Gasteiger partial charge in [-0.05, 0) is 99.6 Å². The van der Waals surface area contributed by atoms with E-state index in [1.54, 1.807) is 0 Å². The number of piperidine rings is 1. The zero-order valence-corrected chi connectivity index (χ0v) is 18.9. The molecule has 1 aromatic carbocycles. The Morgan fingerprint density at radius 3 is 2.45 bits per heavy atom. The predicted molar refractivity (Wildman–Crippen MR) is 122 cm³/mol. The standard InChI is InChI=1S/C27H39NO3/c29-25(30)27(11-12-27)19-28-15-13-26(14-16-28,20-31-18-21-5-4-6-21)10-9-23-17-24(23)22-7-2-1-3-8-22/h1-3,7-8,21,23-24H,4-6,9-20H2,(H,29,30)/t23-,24?/m1/s1. The van der Waals surface area contributed by atoms with Crippen molar-refractivity contribution in [3.8, 4) is 0 Å². The van der Waals surface area contributed by atoms with Crippen LogP contribution in [0.25, 0.3) is 0 Å². The zero-order chi connectivity index (χ0) is 21.3. The number of hydrogen-bond donors (Lipinski definition) is 1. The molecule has 1 unspecified atom stereocenters. The van der Waals surface area contributed by atoms with Crippen LogP contribution in [0, 0.1) is 22.7 Å². The molecule has 3 saturated carbocycles. The maximum Gasteiger partial charge on any atom is 0.310 e. The third-order valence-electron chi connectivity index (χ3n) is 8.93. The van der Waals surface area contributed by atoms with Gasteiger partial charge < -0.3 is 14.7 Å². The van der Waals surface area contributed by atoms with Crippen LogP contribution in [0.1, 0.15) is 75.7 Å². The average Bonchev–Trinajstić information content (AvgIpc) is 3.67. The summed E-state index contributed by atoms with van der Waals surface area (Å²) >= 11 is 0. The van der Waals surface area contributed by atoms with Crippen molar-refractivity contribution in [3.63, 3.8) is 0 Å². The molecule has 1 saturated heterocycles. The van der Waals surface area contributed by atoms with E-state index in [0.29, 0.717) is 5.41 Å². The van der Waals surface area contributed by atoms with Gasteiger partial charge in [0.15, 0.2) is 0 Å². The quantitative estimate of drug-likeness (QED) is 0.520. The van der Waals surface area contributed by atoms with Crippen LogP contribution in [0.15, 0.2) is 30.3 Å². The Balaban J connectivity index is 1.14. The average molecular weight is 426 g/mol. The second kappa shape index (κ2) is 8.86. The molecule has 4 heteroatoms. The molecule has 4 fully saturated rings. The van der Waals surface area contributed by atoms with Gasteiger partial charge >= 0.3 is 5.97 Å². The van der Waals surface area contributed by atoms with Gasteiger partial charge in [0.05, 0.1) is 12.0 Å². The highest BCUT2D eigenvalue weighted by Gasteiger charge is 2.52. The van der Waals surface area contributed by atoms with Gasteiger partial charge in [0.2, 0.25) is 0 Å². The Bertz CT molecular complexity index is 747. The number of aliphatic carboxylic acids is 1. The molecule has 4 nitrogen and oxygen atoms in total. The molecule has 2 atom stereocenters. The van der Waals surface area contributed by atoms with Crippen LogP contribution < -0.4 is 0 Å². The van der Waals surface area contributed by atoms with Crippen molar-refractivity contribution in [2.24, 2.45) is 22.7 Å². The summed E-state index contributed by atoms with van der Waals surface area (Å²) < 4.78 is 6.32. The number of nitrogens with zero attached hydrogens (tertiary/aromatic N) is 1. The lowest BCUT2D eigenvalue weighted by molar-refractivity contribution is -0.144. The number of rotatable bonds is 11. The van der Waals surface area contributed by atoms with E-state index in [4.69, 9.17) is 4.74 Å². The largest absolute Gasteiger partial charge is 0.481 e. The van der Waals surface area contributed by atoms with Crippen LogP contribution in [0.4, 0.5) is 0 Å². The summed E-state index contributed by atoms with van der Waals surface area (Å²) in [4.78, 5) is 14.0. The molecule has 0 aromatic heterocycles. The number of hydrogen-bond acceptors (Lipinski definition) is 3. The predicted octanol–water partition coefficient (Wildman–Crippen LogP) is 5.33. The van der Waals surface area contributed by atoms with Crippen molar-refractivity contribution in [2.75, 3.05) is 32.8 Å². The summed E-state index contributed by atoms with van der Waals surface area (Å²) in [6.07, 6.45) is 12.0. The molecule has 5 rings (SSSR count). The molecule has 3 aliphatic carbocycles. The van der Waals surface area contributed by atoms with E-state index in [-0.39, 0.29) is 0 Å². The Kier molecular flexibility index (Phi) is 6.13. The van der Waals surface area contributed by atoms with E-state index >= 15 is 0 Å². The first-order valence-corrected chi connectivity index (χ1v) is 12.7. The molecular formula is C27H39NO3. The molecule has 170 valence electrons. The minimum Gasteiger partial charge on any atom is -0.481 e. The van der Waals surface area contributed by atoms with E-state index in [9.17, 15) is 9.90 Å². The second-order valence-electron chi connectivity index (χ2n) is 11.2. The molecule has 1 aromatic rings. The fourth-order valence-corrected chi connectivity index (χ4v) is 5.94. The molecule has 0 radical (unpaired) electrons. The van der Waals surface area contributed by atoms with Gasteiger partial charge in [-0.15, -0.1) is 0 Å². The first-order chi connectivity index (χ1) is 15.1. The Morgan fingerprint density at radius 2 is 1.84 bits per heavy atom. The summed E-state index contributed by atoms with van der Waals surface area (Å²) in [5, 5.41) is 9.56. The molecule has 1 aliphatic heterocycles. The van der Waals surface area contributed by atoms with Crippen molar-refractivity contribution >= 4 is 5.97 Å². The topological polar surface area (TPSA) is 49.8 Å². The fourth-order valence-electron chi connectivity index (χ4n) is 5.94. The second-order valence-corrected chi connectivity index (χ2v) is 11.2. The van der Waals surface area contributed by atoms with Gasteiger partial charge in [-0.25, -0.2) is 0 Å². The maximum absolute atomic E-state index is 11.6. The van der Waals surface area contributed by atoms with Crippen molar-refractivity contribution in [2.45, 2.75) is 70.1 Å². The minimum absolute atomic E-state index is 0.296. The molecule has 0 spiro atoms. The first kappa shape index (κ1) is 21.5. The summed E-state index contributed by atoms with van der Waals surface area (Å²) in [5.41, 5.74) is 1.38. The number of ether oxygens (including phenoxy) is 1. The fraction of sp³-hybridized carbons (Fsp3) is 0.741. The molecule has 1 N–H and O–H groups in total. The Morgan fingerprint density at radius 1 is 1.10 bits per heavy atom. The Labute approximate surface area is 187 Å². The third kappa shape index (κ3) is 5.01. The summed E-state index contributed by atoms with van der Waals surface area (Å²) in [7, 11) is 0. The minimum atomic E-state index is -0.589. The highest BCUT2D eigenvalue weighted by molar-refractivity contribution is 5.78. The van der Waals surface area contributed by atoms with Crippen molar-refractivity contribution in [1.82, 2.24) is 4.90 Å². The molecule has 0 bridgehead atoms. The van der Waals surface area contributed by atoms with Gasteiger partial charge in [0, 0.05) is 13.2 Å². The Hall–Kier alpha value is -1.39. The van der Waals surface area contributed by atoms with E-state index in [1.165, 1.54) is 44.1 Å². The lowest BCUT2D eigenvalue weighted by Gasteiger charge is -2.43. The van der Waals surface area contributed by atoms with Crippen LogP contribution in [0.3, 0.4) is 0 Å². The van der Waals surface area contributed by atoms with Crippen LogP contribution in [-0.2, 0) is 9.53 Å². The number of carboxylic acids is 1. The summed E-state index contributed by atoms with van der Waals surface area (Å²) in [5.74, 6) is 1.81. The van der Waals surface area contributed by atoms with Gasteiger partial charge in [-0.2, -0.15) is 0 Å². The van der Waals surface area contributed by atoms with Gasteiger partial charge in [0.1, 0.15) is 0 Å². The normalized spacial score (nSPS) is 29.3. The van der Waals surface area contributed by atoms with E-state index in [1.807, 2.05) is 0 Å². The van der Waals surface area contributed by atoms with Gasteiger partial charge in [-0.1, -0.05) is 36.8 Å². The van der Waals surface area contributed by atoms with Gasteiger partial charge in [-0.3, -0.25) is 4.79 Å². The highest BCUT2D eigenvalue weighted by Crippen LogP contribution is 2.53. The SMILES string of the molecule is O=C(O)C1(CN2CCC(CC[C@@H]3CC3c3ccccc3)(COCC3CCC3)CC2)CC1.